The van der Waals surface area contributed by atoms with E-state index in [9.17, 15) is 4.79 Å². The summed E-state index contributed by atoms with van der Waals surface area (Å²) in [4.78, 5) is 20.4. The normalized spacial score (nSPS) is 10.3. The van der Waals surface area contributed by atoms with Gasteiger partial charge in [-0.2, -0.15) is 5.26 Å². The number of benzene rings is 1. The Morgan fingerprint density at radius 1 is 1.27 bits per heavy atom. The zero-order chi connectivity index (χ0) is 16.3. The Morgan fingerprint density at radius 2 is 1.95 bits per heavy atom. The van der Waals surface area contributed by atoms with Crippen molar-refractivity contribution in [1.82, 2.24) is 9.97 Å². The Labute approximate surface area is 133 Å². The lowest BCUT2D eigenvalue weighted by atomic mass is 9.99. The third-order valence-corrected chi connectivity index (χ3v) is 4.25. The Bertz CT molecular complexity index is 780. The molecular formula is C16H16N4OS. The van der Waals surface area contributed by atoms with Gasteiger partial charge in [0.25, 0.3) is 0 Å². The first-order valence-corrected chi connectivity index (χ1v) is 7.67. The number of rotatable bonds is 4. The summed E-state index contributed by atoms with van der Waals surface area (Å²) in [6.45, 7) is 5.95. The molecule has 1 aromatic heterocycles. The molecule has 0 radical (unpaired) electrons. The quantitative estimate of drug-likeness (QED) is 0.530. The molecule has 5 nitrogen and oxygen atoms in total. The molecule has 0 fully saturated rings. The predicted molar refractivity (Wildman–Crippen MR) is 86.9 cm³/mol. The molecule has 0 saturated carbocycles. The highest BCUT2D eigenvalue weighted by atomic mass is 32.2. The number of nitrogens with two attached hydrogens (primary N) is 1. The van der Waals surface area contributed by atoms with Crippen LogP contribution in [-0.2, 0) is 0 Å². The maximum absolute atomic E-state index is 12.4. The highest BCUT2D eigenvalue weighted by molar-refractivity contribution is 7.99. The first-order valence-electron chi connectivity index (χ1n) is 6.69. The van der Waals surface area contributed by atoms with E-state index in [0.29, 0.717) is 5.16 Å². The minimum Gasteiger partial charge on any atom is -0.382 e. The van der Waals surface area contributed by atoms with E-state index in [1.807, 2.05) is 39.0 Å². The molecule has 0 bridgehead atoms. The van der Waals surface area contributed by atoms with Gasteiger partial charge in [0.15, 0.2) is 10.9 Å². The van der Waals surface area contributed by atoms with Crippen LogP contribution in [0.15, 0.2) is 23.5 Å². The number of Topliss-reactive ketones (excluding diaryl/α,β-unsaturated/α-hetero) is 1. The first kappa shape index (κ1) is 16.0. The Kier molecular flexibility index (Phi) is 4.78. The number of hydrogen-bond acceptors (Lipinski definition) is 6. The topological polar surface area (TPSA) is 92.7 Å². The first-order chi connectivity index (χ1) is 10.4. The largest absolute Gasteiger partial charge is 0.382 e. The monoisotopic (exact) mass is 312 g/mol. The number of carbonyl (C=O) groups is 1. The van der Waals surface area contributed by atoms with Gasteiger partial charge in [0.1, 0.15) is 17.5 Å². The minimum atomic E-state index is 0.0251. The molecule has 0 amide bonds. The molecule has 2 aromatic rings. The van der Waals surface area contributed by atoms with Crippen molar-refractivity contribution in [3.63, 3.8) is 0 Å². The number of nitrogen functional groups attached to an aromatic ring is 1. The summed E-state index contributed by atoms with van der Waals surface area (Å²) in [7, 11) is 0. The molecular weight excluding hydrogens is 296 g/mol. The summed E-state index contributed by atoms with van der Waals surface area (Å²) in [5.74, 6) is 0.390. The van der Waals surface area contributed by atoms with Gasteiger partial charge in [0, 0.05) is 5.56 Å². The maximum Gasteiger partial charge on any atom is 0.189 e. The molecule has 0 atom stereocenters. The number of nitrogens with zero attached hydrogens (tertiary/aromatic N) is 3. The lowest BCUT2D eigenvalue weighted by Gasteiger charge is -2.08. The fraction of sp³-hybridized carbons (Fsp3) is 0.250. The number of aryl methyl sites for hydroxylation is 3. The molecule has 2 rings (SSSR count). The number of aromatic nitrogens is 2. The van der Waals surface area contributed by atoms with Crippen LogP contribution in [0.2, 0.25) is 0 Å². The Morgan fingerprint density at radius 3 is 2.59 bits per heavy atom. The minimum absolute atomic E-state index is 0.0251. The van der Waals surface area contributed by atoms with E-state index >= 15 is 0 Å². The number of thioether (sulfide) groups is 1. The van der Waals surface area contributed by atoms with Crippen LogP contribution < -0.4 is 5.73 Å². The number of anilines is 1. The molecule has 1 aromatic carbocycles. The van der Waals surface area contributed by atoms with E-state index in [1.165, 1.54) is 23.5 Å². The second kappa shape index (κ2) is 6.58. The highest BCUT2D eigenvalue weighted by Crippen LogP contribution is 2.20. The van der Waals surface area contributed by atoms with Crippen molar-refractivity contribution >= 4 is 23.4 Å². The number of hydrogen-bond donors (Lipinski definition) is 1. The summed E-state index contributed by atoms with van der Waals surface area (Å²) in [5, 5.41) is 9.18. The van der Waals surface area contributed by atoms with Gasteiger partial charge in [-0.3, -0.25) is 4.79 Å². The third-order valence-electron chi connectivity index (χ3n) is 3.39. The van der Waals surface area contributed by atoms with Crippen LogP contribution in [0.1, 0.15) is 32.6 Å². The molecule has 0 aliphatic carbocycles. The summed E-state index contributed by atoms with van der Waals surface area (Å²) < 4.78 is 0. The van der Waals surface area contributed by atoms with E-state index in [0.717, 1.165) is 16.7 Å². The van der Waals surface area contributed by atoms with E-state index in [2.05, 4.69) is 9.97 Å². The van der Waals surface area contributed by atoms with Gasteiger partial charge >= 0.3 is 0 Å². The molecule has 0 unspecified atom stereocenters. The van der Waals surface area contributed by atoms with Gasteiger partial charge in [-0.1, -0.05) is 17.8 Å². The van der Waals surface area contributed by atoms with Gasteiger partial charge < -0.3 is 5.73 Å². The Hall–Kier alpha value is -2.39. The fourth-order valence-corrected chi connectivity index (χ4v) is 2.71. The van der Waals surface area contributed by atoms with E-state index in [1.54, 1.807) is 0 Å². The molecule has 112 valence electrons. The molecule has 6 heteroatoms. The van der Waals surface area contributed by atoms with Crippen LogP contribution in [0.25, 0.3) is 0 Å². The van der Waals surface area contributed by atoms with Crippen LogP contribution >= 0.6 is 11.8 Å². The maximum atomic E-state index is 12.4. The highest BCUT2D eigenvalue weighted by Gasteiger charge is 2.13. The van der Waals surface area contributed by atoms with Crippen LogP contribution in [-0.4, -0.2) is 21.5 Å². The average molecular weight is 312 g/mol. The zero-order valence-corrected chi connectivity index (χ0v) is 13.5. The van der Waals surface area contributed by atoms with Crippen molar-refractivity contribution in [3.05, 3.63) is 46.1 Å². The van der Waals surface area contributed by atoms with Crippen LogP contribution in [0.3, 0.4) is 0 Å². The summed E-state index contributed by atoms with van der Waals surface area (Å²) in [5.41, 5.74) is 9.83. The number of ketones is 1. The van der Waals surface area contributed by atoms with E-state index in [-0.39, 0.29) is 22.9 Å². The summed E-state index contributed by atoms with van der Waals surface area (Å²) in [6.07, 6.45) is 1.37. The number of nitriles is 1. The van der Waals surface area contributed by atoms with Crippen molar-refractivity contribution in [1.29, 1.82) is 5.26 Å². The summed E-state index contributed by atoms with van der Waals surface area (Å²) in [6, 6.07) is 5.84. The molecule has 0 spiro atoms. The average Bonchev–Trinajstić information content (AvgIpc) is 2.48. The van der Waals surface area contributed by atoms with Gasteiger partial charge in [0.2, 0.25) is 0 Å². The van der Waals surface area contributed by atoms with Crippen molar-refractivity contribution in [2.75, 3.05) is 11.5 Å². The second-order valence-corrected chi connectivity index (χ2v) is 5.97. The van der Waals surface area contributed by atoms with Gasteiger partial charge in [-0.15, -0.1) is 0 Å². The standard InChI is InChI=1S/C16H16N4OS/c1-9-4-11(3)13(5-10(9)2)14(21)8-22-16-19-7-12(6-17)15(18)20-16/h4-5,7H,8H2,1-3H3,(H2,18,19,20). The van der Waals surface area contributed by atoms with E-state index in [4.69, 9.17) is 11.0 Å². The SMILES string of the molecule is Cc1cc(C)c(C(=O)CSc2ncc(C#N)c(N)n2)cc1C. The lowest BCUT2D eigenvalue weighted by Crippen LogP contribution is -2.07. The zero-order valence-electron chi connectivity index (χ0n) is 12.7. The third kappa shape index (κ3) is 3.43. The molecule has 1 heterocycles. The van der Waals surface area contributed by atoms with Gasteiger partial charge in [0.05, 0.1) is 11.9 Å². The van der Waals surface area contributed by atoms with Crippen molar-refractivity contribution in [2.24, 2.45) is 0 Å². The van der Waals surface area contributed by atoms with Gasteiger partial charge in [-0.05, 0) is 43.5 Å². The van der Waals surface area contributed by atoms with Crippen molar-refractivity contribution < 1.29 is 4.79 Å². The molecule has 0 aliphatic rings. The van der Waals surface area contributed by atoms with Crippen molar-refractivity contribution in [2.45, 2.75) is 25.9 Å². The summed E-state index contributed by atoms with van der Waals surface area (Å²) >= 11 is 1.21. The fourth-order valence-electron chi connectivity index (χ4n) is 2.00. The lowest BCUT2D eigenvalue weighted by molar-refractivity contribution is 0.102. The van der Waals surface area contributed by atoms with Crippen LogP contribution in [0, 0.1) is 32.1 Å². The Balaban J connectivity index is 2.12. The van der Waals surface area contributed by atoms with Crippen LogP contribution in [0.4, 0.5) is 5.82 Å². The molecule has 22 heavy (non-hydrogen) atoms. The van der Waals surface area contributed by atoms with E-state index < -0.39 is 0 Å². The van der Waals surface area contributed by atoms with Crippen LogP contribution in [0.5, 0.6) is 0 Å². The molecule has 0 aliphatic heterocycles. The smallest absolute Gasteiger partial charge is 0.189 e. The number of carbonyl (C=O) groups excluding carboxylic acids is 1. The van der Waals surface area contributed by atoms with Crippen molar-refractivity contribution in [3.8, 4) is 6.07 Å². The molecule has 2 N–H and O–H groups in total. The predicted octanol–water partition coefficient (Wildman–Crippen LogP) is 2.83. The second-order valence-electron chi connectivity index (χ2n) is 5.03. The molecule has 0 saturated heterocycles. The van der Waals surface area contributed by atoms with Gasteiger partial charge in [-0.25, -0.2) is 9.97 Å².